The topological polar surface area (TPSA) is 54.0 Å². The van der Waals surface area contributed by atoms with E-state index in [-0.39, 0.29) is 5.78 Å². The molecule has 0 spiro atoms. The largest absolute Gasteiger partial charge is 0.490 e. The van der Waals surface area contributed by atoms with Gasteiger partial charge in [-0.15, -0.1) is 0 Å². The van der Waals surface area contributed by atoms with Gasteiger partial charge in [0.15, 0.2) is 11.5 Å². The maximum Gasteiger partial charge on any atom is 0.211 e. The van der Waals surface area contributed by atoms with E-state index in [0.717, 1.165) is 24.0 Å². The molecule has 0 aliphatic carbocycles. The molecule has 0 saturated carbocycles. The maximum atomic E-state index is 12.2. The summed E-state index contributed by atoms with van der Waals surface area (Å²) >= 11 is 0. The molecule has 0 amide bonds. The first-order valence-corrected chi connectivity index (χ1v) is 8.26. The molecule has 0 fully saturated rings. The number of unbranched alkanes of at least 4 members (excludes halogenated alkanes) is 1. The fourth-order valence-electron chi connectivity index (χ4n) is 2.56. The summed E-state index contributed by atoms with van der Waals surface area (Å²) in [4.78, 5) is 21.9. The second-order valence-electron chi connectivity index (χ2n) is 5.58. The predicted molar refractivity (Wildman–Crippen MR) is 95.5 cm³/mol. The number of hydrogen-bond acceptors (Lipinski definition) is 5. The van der Waals surface area contributed by atoms with Crippen LogP contribution in [0.5, 0.6) is 17.2 Å². The van der Waals surface area contributed by atoms with Crippen LogP contribution in [0.1, 0.15) is 35.2 Å². The molecule has 0 aliphatic rings. The van der Waals surface area contributed by atoms with Crippen molar-refractivity contribution in [1.82, 2.24) is 0 Å². The quantitative estimate of drug-likeness (QED) is 0.277. The van der Waals surface area contributed by atoms with Gasteiger partial charge in [-0.2, -0.15) is 4.89 Å². The first-order valence-electron chi connectivity index (χ1n) is 8.26. The van der Waals surface area contributed by atoms with Gasteiger partial charge in [-0.1, -0.05) is 30.3 Å². The number of Topliss-reactive ketones (excluding diaryl/α,β-unsaturated/α-hetero) is 1. The number of ketones is 1. The lowest BCUT2D eigenvalue weighted by atomic mass is 10.0. The molecular formula is C20H24O5. The molecule has 0 heterocycles. The zero-order chi connectivity index (χ0) is 18.1. The molecule has 0 N–H and O–H groups in total. The molecule has 2 aromatic carbocycles. The highest BCUT2D eigenvalue weighted by atomic mass is 17.2. The van der Waals surface area contributed by atoms with Crippen LogP contribution in [0.3, 0.4) is 0 Å². The van der Waals surface area contributed by atoms with Crippen molar-refractivity contribution in [2.24, 2.45) is 0 Å². The van der Waals surface area contributed by atoms with E-state index in [1.165, 1.54) is 7.11 Å². The van der Waals surface area contributed by atoms with Gasteiger partial charge in [0.25, 0.3) is 0 Å². The van der Waals surface area contributed by atoms with Crippen molar-refractivity contribution in [1.29, 1.82) is 0 Å². The normalized spacial score (nSPS) is 10.4. The first-order chi connectivity index (χ1) is 12.2. The van der Waals surface area contributed by atoms with Crippen LogP contribution in [-0.4, -0.2) is 26.6 Å². The molecular weight excluding hydrogens is 320 g/mol. The van der Waals surface area contributed by atoms with Gasteiger partial charge in [-0.25, -0.2) is 0 Å². The van der Waals surface area contributed by atoms with Crippen molar-refractivity contribution >= 4 is 5.78 Å². The number of ether oxygens (including phenoxy) is 2. The minimum atomic E-state index is 0.172. The molecule has 0 radical (unpaired) electrons. The van der Waals surface area contributed by atoms with E-state index in [1.54, 1.807) is 25.3 Å². The van der Waals surface area contributed by atoms with Gasteiger partial charge in [0, 0.05) is 12.0 Å². The molecule has 2 aromatic rings. The van der Waals surface area contributed by atoms with Crippen molar-refractivity contribution < 1.29 is 24.0 Å². The fraction of sp³-hybridized carbons (Fsp3) is 0.350. The summed E-state index contributed by atoms with van der Waals surface area (Å²) in [7, 11) is 2.98. The van der Waals surface area contributed by atoms with E-state index in [2.05, 4.69) is 4.89 Å². The van der Waals surface area contributed by atoms with E-state index in [9.17, 15) is 4.79 Å². The summed E-state index contributed by atoms with van der Waals surface area (Å²) < 4.78 is 11.1. The smallest absolute Gasteiger partial charge is 0.211 e. The Balaban J connectivity index is 1.81. The summed E-state index contributed by atoms with van der Waals surface area (Å²) in [5.74, 6) is 1.70. The highest BCUT2D eigenvalue weighted by Crippen LogP contribution is 2.37. The van der Waals surface area contributed by atoms with Gasteiger partial charge in [-0.05, 0) is 37.5 Å². The zero-order valence-corrected chi connectivity index (χ0v) is 14.9. The van der Waals surface area contributed by atoms with Crippen LogP contribution in [0.4, 0.5) is 0 Å². The Morgan fingerprint density at radius 3 is 2.44 bits per heavy atom. The Labute approximate surface area is 148 Å². The molecule has 0 aromatic heterocycles. The van der Waals surface area contributed by atoms with E-state index in [1.807, 2.05) is 31.2 Å². The number of hydrogen-bond donors (Lipinski definition) is 0. The molecule has 0 atom stereocenters. The van der Waals surface area contributed by atoms with Gasteiger partial charge >= 0.3 is 0 Å². The highest BCUT2D eigenvalue weighted by molar-refractivity contribution is 5.97. The summed E-state index contributed by atoms with van der Waals surface area (Å²) in [6, 6.07) is 13.0. The average molecular weight is 344 g/mol. The van der Waals surface area contributed by atoms with Crippen LogP contribution in [0.25, 0.3) is 0 Å². The molecule has 2 rings (SSSR count). The van der Waals surface area contributed by atoms with Gasteiger partial charge in [-0.3, -0.25) is 4.79 Å². The Morgan fingerprint density at radius 1 is 0.960 bits per heavy atom. The Bertz CT molecular complexity index is 696. The number of carbonyl (C=O) groups is 1. The summed E-state index contributed by atoms with van der Waals surface area (Å²) in [5, 5.41) is 0. The van der Waals surface area contributed by atoms with Crippen molar-refractivity contribution in [3.8, 4) is 17.2 Å². The fourth-order valence-corrected chi connectivity index (χ4v) is 2.56. The second-order valence-corrected chi connectivity index (χ2v) is 5.58. The van der Waals surface area contributed by atoms with Gasteiger partial charge in [0.1, 0.15) is 0 Å². The molecule has 0 aliphatic heterocycles. The van der Waals surface area contributed by atoms with Crippen molar-refractivity contribution in [3.05, 3.63) is 53.6 Å². The van der Waals surface area contributed by atoms with Crippen LogP contribution in [0, 0.1) is 6.92 Å². The minimum Gasteiger partial charge on any atom is -0.490 e. The first kappa shape index (κ1) is 18.8. The van der Waals surface area contributed by atoms with E-state index in [0.29, 0.717) is 30.3 Å². The van der Waals surface area contributed by atoms with Crippen LogP contribution in [-0.2, 0) is 4.89 Å². The Hall–Kier alpha value is -2.53. The molecule has 134 valence electrons. The number of benzene rings is 2. The van der Waals surface area contributed by atoms with E-state index < -0.39 is 0 Å². The Morgan fingerprint density at radius 2 is 1.72 bits per heavy atom. The minimum absolute atomic E-state index is 0.172. The summed E-state index contributed by atoms with van der Waals surface area (Å²) in [5.41, 5.74) is 1.82. The van der Waals surface area contributed by atoms with Crippen LogP contribution >= 0.6 is 0 Å². The zero-order valence-electron chi connectivity index (χ0n) is 14.9. The van der Waals surface area contributed by atoms with Crippen LogP contribution in [0.15, 0.2) is 42.5 Å². The van der Waals surface area contributed by atoms with E-state index in [4.69, 9.17) is 14.4 Å². The van der Waals surface area contributed by atoms with Crippen molar-refractivity contribution in [2.75, 3.05) is 20.8 Å². The van der Waals surface area contributed by atoms with Crippen molar-refractivity contribution in [2.45, 2.75) is 26.2 Å². The molecule has 5 heteroatoms. The summed E-state index contributed by atoms with van der Waals surface area (Å²) in [6.45, 7) is 2.45. The third kappa shape index (κ3) is 5.22. The lowest BCUT2D eigenvalue weighted by molar-refractivity contribution is -0.179. The number of carbonyl (C=O) groups excluding carboxylic acids is 1. The number of para-hydroxylation sites is 1. The number of rotatable bonds is 10. The standard InChI is InChI=1S/C20H24O5/c1-15-9-4-5-10-16(15)17(21)11-6-7-14-24-18-12-8-13-19(25-23-3)20(18)22-2/h4-5,8-10,12-13H,6-7,11,14H2,1-3H3. The molecule has 0 unspecified atom stereocenters. The van der Waals surface area contributed by atoms with Gasteiger partial charge in [0.05, 0.1) is 20.8 Å². The van der Waals surface area contributed by atoms with Crippen LogP contribution in [0.2, 0.25) is 0 Å². The van der Waals surface area contributed by atoms with Gasteiger partial charge < -0.3 is 14.4 Å². The lowest BCUT2D eigenvalue weighted by Gasteiger charge is -2.13. The molecule has 25 heavy (non-hydrogen) atoms. The number of methoxy groups -OCH3 is 1. The molecule has 0 saturated heterocycles. The highest BCUT2D eigenvalue weighted by Gasteiger charge is 2.12. The lowest BCUT2D eigenvalue weighted by Crippen LogP contribution is -2.04. The molecule has 0 bridgehead atoms. The summed E-state index contributed by atoms with van der Waals surface area (Å²) in [6.07, 6.45) is 2.05. The monoisotopic (exact) mass is 344 g/mol. The van der Waals surface area contributed by atoms with Gasteiger partial charge in [0.2, 0.25) is 11.5 Å². The third-order valence-corrected chi connectivity index (χ3v) is 3.82. The maximum absolute atomic E-state index is 12.2. The van der Waals surface area contributed by atoms with E-state index >= 15 is 0 Å². The third-order valence-electron chi connectivity index (χ3n) is 3.82. The average Bonchev–Trinajstić information content (AvgIpc) is 2.62. The SMILES string of the molecule is COOc1cccc(OCCCCC(=O)c2ccccc2C)c1OC. The predicted octanol–water partition coefficient (Wildman–Crippen LogP) is 4.38. The molecule has 5 nitrogen and oxygen atoms in total. The van der Waals surface area contributed by atoms with Crippen LogP contribution < -0.4 is 14.4 Å². The Kier molecular flexibility index (Phi) is 7.29. The second kappa shape index (κ2) is 9.69. The van der Waals surface area contributed by atoms with Crippen molar-refractivity contribution in [3.63, 3.8) is 0 Å². The number of aryl methyl sites for hydroxylation is 1.